The lowest BCUT2D eigenvalue weighted by molar-refractivity contribution is -0.0300. The van der Waals surface area contributed by atoms with Crippen LogP contribution >= 0.6 is 0 Å². The molecule has 0 bridgehead atoms. The van der Waals surface area contributed by atoms with Gasteiger partial charge in [0.15, 0.2) is 0 Å². The maximum atomic E-state index is 5.92. The average molecular weight is 344 g/mol. The molecule has 0 spiro atoms. The zero-order chi connectivity index (χ0) is 17.6. The van der Waals surface area contributed by atoms with Crippen molar-refractivity contribution >= 4 is 0 Å². The van der Waals surface area contributed by atoms with Gasteiger partial charge in [-0.1, -0.05) is 30.3 Å². The average Bonchev–Trinajstić information content (AvgIpc) is 2.89. The van der Waals surface area contributed by atoms with Gasteiger partial charge in [-0.05, 0) is 12.5 Å². The molecule has 1 aliphatic rings. The number of benzene rings is 1. The molecule has 0 saturated carbocycles. The third kappa shape index (κ3) is 4.60. The molecule has 1 aromatic heterocycles. The van der Waals surface area contributed by atoms with Crippen LogP contribution < -0.4 is 10.1 Å². The van der Waals surface area contributed by atoms with Crippen molar-refractivity contribution in [1.29, 1.82) is 0 Å². The smallest absolute Gasteiger partial charge is 0.216 e. The van der Waals surface area contributed by atoms with Crippen molar-refractivity contribution < 1.29 is 9.47 Å². The minimum Gasteiger partial charge on any atom is -0.481 e. The Balaban J connectivity index is 1.48. The Kier molecular flexibility index (Phi) is 6.07. The third-order valence-corrected chi connectivity index (χ3v) is 4.63. The molecule has 1 aliphatic heterocycles. The fraction of sp³-hybridized carbons (Fsp3) is 0.526. The Morgan fingerprint density at radius 3 is 2.88 bits per heavy atom. The molecule has 1 atom stereocenters. The fourth-order valence-corrected chi connectivity index (χ4v) is 3.39. The van der Waals surface area contributed by atoms with Crippen LogP contribution in [0.2, 0.25) is 0 Å². The van der Waals surface area contributed by atoms with Gasteiger partial charge in [0.25, 0.3) is 0 Å². The van der Waals surface area contributed by atoms with E-state index in [9.17, 15) is 0 Å². The third-order valence-electron chi connectivity index (χ3n) is 4.63. The molecule has 136 valence electrons. The maximum Gasteiger partial charge on any atom is 0.216 e. The molecule has 0 amide bonds. The first-order chi connectivity index (χ1) is 12.2. The van der Waals surface area contributed by atoms with Crippen LogP contribution in [0.4, 0.5) is 0 Å². The first kappa shape index (κ1) is 17.9. The summed E-state index contributed by atoms with van der Waals surface area (Å²) in [5.41, 5.74) is 3.47. The minimum atomic E-state index is 0.209. The Morgan fingerprint density at radius 2 is 2.12 bits per heavy atom. The number of nitrogens with one attached hydrogen (secondary N) is 1. The lowest BCUT2D eigenvalue weighted by Gasteiger charge is -2.33. The highest BCUT2D eigenvalue weighted by atomic mass is 16.5. The first-order valence-corrected chi connectivity index (χ1v) is 8.82. The molecule has 0 radical (unpaired) electrons. The number of nitrogens with zero attached hydrogens (tertiary/aromatic N) is 3. The van der Waals surface area contributed by atoms with Crippen LogP contribution in [0.1, 0.15) is 16.8 Å². The van der Waals surface area contributed by atoms with Crippen LogP contribution in [0.3, 0.4) is 0 Å². The van der Waals surface area contributed by atoms with Gasteiger partial charge in [0.2, 0.25) is 5.88 Å². The summed E-state index contributed by atoms with van der Waals surface area (Å²) in [6.45, 7) is 7.28. The normalized spacial score (nSPS) is 18.4. The van der Waals surface area contributed by atoms with Crippen LogP contribution in [0, 0.1) is 6.92 Å². The van der Waals surface area contributed by atoms with E-state index in [0.29, 0.717) is 0 Å². The van der Waals surface area contributed by atoms with Crippen LogP contribution in [-0.2, 0) is 24.9 Å². The molecule has 1 unspecified atom stereocenters. The van der Waals surface area contributed by atoms with Crippen LogP contribution in [0.5, 0.6) is 5.88 Å². The highest BCUT2D eigenvalue weighted by Gasteiger charge is 2.21. The van der Waals surface area contributed by atoms with E-state index in [1.165, 1.54) is 5.56 Å². The number of rotatable bonds is 7. The molecule has 25 heavy (non-hydrogen) atoms. The van der Waals surface area contributed by atoms with Crippen molar-refractivity contribution in [2.75, 3.05) is 33.4 Å². The molecule has 1 aromatic carbocycles. The topological polar surface area (TPSA) is 51.6 Å². The lowest BCUT2D eigenvalue weighted by Crippen LogP contribution is -2.46. The van der Waals surface area contributed by atoms with Gasteiger partial charge in [0.1, 0.15) is 0 Å². The van der Waals surface area contributed by atoms with Gasteiger partial charge in [-0.25, -0.2) is 4.68 Å². The molecule has 1 fully saturated rings. The summed E-state index contributed by atoms with van der Waals surface area (Å²) in [5, 5.41) is 7.92. The van der Waals surface area contributed by atoms with Gasteiger partial charge in [0, 0.05) is 39.8 Å². The SMILES string of the molecule is COc1c(CNCC2CN(Cc3ccccc3)CCO2)c(C)nn1C. The second-order valence-electron chi connectivity index (χ2n) is 6.54. The van der Waals surface area contributed by atoms with Crippen LogP contribution in [0.25, 0.3) is 0 Å². The molecule has 3 rings (SSSR count). The maximum absolute atomic E-state index is 5.92. The minimum absolute atomic E-state index is 0.209. The van der Waals surface area contributed by atoms with E-state index >= 15 is 0 Å². The number of aryl methyl sites for hydroxylation is 2. The van der Waals surface area contributed by atoms with Gasteiger partial charge in [-0.3, -0.25) is 4.90 Å². The van der Waals surface area contributed by atoms with Gasteiger partial charge >= 0.3 is 0 Å². The van der Waals surface area contributed by atoms with E-state index in [-0.39, 0.29) is 6.10 Å². The fourth-order valence-electron chi connectivity index (χ4n) is 3.39. The predicted molar refractivity (Wildman–Crippen MR) is 97.7 cm³/mol. The molecule has 2 heterocycles. The van der Waals surface area contributed by atoms with Crippen molar-refractivity contribution in [3.63, 3.8) is 0 Å². The Bertz CT molecular complexity index is 672. The molecular formula is C19H28N4O2. The molecule has 2 aromatic rings. The molecule has 1 N–H and O–H groups in total. The summed E-state index contributed by atoms with van der Waals surface area (Å²) in [6.07, 6.45) is 0.209. The molecular weight excluding hydrogens is 316 g/mol. The summed E-state index contributed by atoms with van der Waals surface area (Å²) < 4.78 is 13.1. The van der Waals surface area contributed by atoms with Gasteiger partial charge in [-0.2, -0.15) is 5.10 Å². The summed E-state index contributed by atoms with van der Waals surface area (Å²) in [7, 11) is 3.59. The molecule has 6 heteroatoms. The summed E-state index contributed by atoms with van der Waals surface area (Å²) >= 11 is 0. The molecule has 1 saturated heterocycles. The zero-order valence-electron chi connectivity index (χ0n) is 15.4. The largest absolute Gasteiger partial charge is 0.481 e. The lowest BCUT2D eigenvalue weighted by atomic mass is 10.2. The van der Waals surface area contributed by atoms with Gasteiger partial charge in [0.05, 0.1) is 31.1 Å². The van der Waals surface area contributed by atoms with Crippen molar-refractivity contribution in [2.45, 2.75) is 26.1 Å². The Morgan fingerprint density at radius 1 is 1.32 bits per heavy atom. The van der Waals surface area contributed by atoms with Crippen LogP contribution in [-0.4, -0.2) is 54.1 Å². The number of hydrogen-bond donors (Lipinski definition) is 1. The highest BCUT2D eigenvalue weighted by Crippen LogP contribution is 2.20. The van der Waals surface area contributed by atoms with Gasteiger partial charge in [-0.15, -0.1) is 0 Å². The quantitative estimate of drug-likeness (QED) is 0.829. The predicted octanol–water partition coefficient (Wildman–Crippen LogP) is 1.73. The second kappa shape index (κ2) is 8.47. The van der Waals surface area contributed by atoms with E-state index < -0.39 is 0 Å². The number of methoxy groups -OCH3 is 1. The number of aromatic nitrogens is 2. The summed E-state index contributed by atoms with van der Waals surface area (Å²) in [6, 6.07) is 10.6. The molecule has 6 nitrogen and oxygen atoms in total. The zero-order valence-corrected chi connectivity index (χ0v) is 15.4. The van der Waals surface area contributed by atoms with Crippen molar-refractivity contribution in [1.82, 2.24) is 20.0 Å². The van der Waals surface area contributed by atoms with Crippen molar-refractivity contribution in [3.8, 4) is 5.88 Å². The Hall–Kier alpha value is -1.89. The van der Waals surface area contributed by atoms with E-state index in [4.69, 9.17) is 9.47 Å². The molecule has 0 aliphatic carbocycles. The van der Waals surface area contributed by atoms with E-state index in [0.717, 1.165) is 56.5 Å². The van der Waals surface area contributed by atoms with Crippen LogP contribution in [0.15, 0.2) is 30.3 Å². The second-order valence-corrected chi connectivity index (χ2v) is 6.54. The number of morpholine rings is 1. The summed E-state index contributed by atoms with van der Waals surface area (Å²) in [4.78, 5) is 2.46. The number of hydrogen-bond acceptors (Lipinski definition) is 5. The monoisotopic (exact) mass is 344 g/mol. The standard InChI is InChI=1S/C19H28N4O2/c1-15-18(19(24-3)22(2)21-15)12-20-11-17-14-23(9-10-25-17)13-16-7-5-4-6-8-16/h4-8,17,20H,9-14H2,1-3H3. The number of ether oxygens (including phenoxy) is 2. The van der Waals surface area contributed by atoms with Crippen molar-refractivity contribution in [2.24, 2.45) is 7.05 Å². The van der Waals surface area contributed by atoms with E-state index in [1.54, 1.807) is 11.8 Å². The van der Waals surface area contributed by atoms with E-state index in [2.05, 4.69) is 45.6 Å². The highest BCUT2D eigenvalue weighted by molar-refractivity contribution is 5.30. The van der Waals surface area contributed by atoms with E-state index in [1.807, 2.05) is 14.0 Å². The van der Waals surface area contributed by atoms with Gasteiger partial charge < -0.3 is 14.8 Å². The summed E-state index contributed by atoms with van der Waals surface area (Å²) in [5.74, 6) is 0.820. The first-order valence-electron chi connectivity index (χ1n) is 8.82. The van der Waals surface area contributed by atoms with Crippen molar-refractivity contribution in [3.05, 3.63) is 47.2 Å². The Labute approximate surface area is 149 Å².